The smallest absolute Gasteiger partial charge is 0.269 e. The Morgan fingerprint density at radius 3 is 2.47 bits per heavy atom. The molecule has 9 heteroatoms. The number of rotatable bonds is 9. The first-order chi connectivity index (χ1) is 16.2. The largest absolute Gasteiger partial charge is 0.487 e. The molecule has 3 aromatic rings. The molecule has 0 aliphatic carbocycles. The fourth-order valence-corrected chi connectivity index (χ4v) is 3.69. The molecule has 1 heterocycles. The van der Waals surface area contributed by atoms with Gasteiger partial charge in [-0.15, -0.1) is 0 Å². The van der Waals surface area contributed by atoms with Gasteiger partial charge < -0.3 is 19.5 Å². The van der Waals surface area contributed by atoms with Gasteiger partial charge in [0.2, 0.25) is 0 Å². The first-order valence-corrected chi connectivity index (χ1v) is 11.4. The summed E-state index contributed by atoms with van der Waals surface area (Å²) in [6.07, 6.45) is 0. The quantitative estimate of drug-likeness (QED) is 0.449. The van der Waals surface area contributed by atoms with Gasteiger partial charge in [-0.25, -0.2) is 8.78 Å². The van der Waals surface area contributed by atoms with Gasteiger partial charge in [-0.05, 0) is 66.8 Å². The highest BCUT2D eigenvalue weighted by molar-refractivity contribution is 9.10. The van der Waals surface area contributed by atoms with Crippen molar-refractivity contribution in [2.75, 3.05) is 27.2 Å². The Hall–Kier alpha value is -3.04. The van der Waals surface area contributed by atoms with E-state index in [1.54, 1.807) is 29.7 Å². The lowest BCUT2D eigenvalue weighted by molar-refractivity contribution is 0.0951. The van der Waals surface area contributed by atoms with Crippen molar-refractivity contribution in [1.82, 2.24) is 14.8 Å². The number of pyridine rings is 1. The Balaban J connectivity index is 1.70. The topological polar surface area (TPSA) is 63.6 Å². The van der Waals surface area contributed by atoms with Gasteiger partial charge in [0.1, 0.15) is 28.5 Å². The summed E-state index contributed by atoms with van der Waals surface area (Å²) in [5.41, 5.74) is 1.92. The standard InChI is InChI=1S/C25H26BrF2N3O3/c1-16-12-22(34-15-19-8-9-20(27)13-21(19)28)23(26)25(33)31(16)14-17-4-6-18(7-5-17)24(32)29-10-11-30(2)3/h4-9,12-13H,10-11,14-15H2,1-3H3,(H,29,32). The lowest BCUT2D eigenvalue weighted by Crippen LogP contribution is -2.31. The number of amides is 1. The number of nitrogens with one attached hydrogen (secondary N) is 1. The van der Waals surface area contributed by atoms with Crippen LogP contribution in [0.5, 0.6) is 5.75 Å². The minimum Gasteiger partial charge on any atom is -0.487 e. The van der Waals surface area contributed by atoms with Crippen molar-refractivity contribution in [2.45, 2.75) is 20.1 Å². The zero-order valence-corrected chi connectivity index (χ0v) is 20.8. The van der Waals surface area contributed by atoms with Crippen molar-refractivity contribution in [3.05, 3.63) is 97.4 Å². The summed E-state index contributed by atoms with van der Waals surface area (Å²) in [7, 11) is 3.88. The lowest BCUT2D eigenvalue weighted by Gasteiger charge is -2.15. The Kier molecular flexibility index (Phi) is 8.57. The zero-order valence-electron chi connectivity index (χ0n) is 19.2. The molecule has 0 bridgehead atoms. The number of aryl methyl sites for hydroxylation is 1. The van der Waals surface area contributed by atoms with Crippen molar-refractivity contribution in [3.63, 3.8) is 0 Å². The molecular formula is C25H26BrF2N3O3. The van der Waals surface area contributed by atoms with E-state index in [0.29, 0.717) is 24.3 Å². The second-order valence-electron chi connectivity index (χ2n) is 8.14. The molecule has 1 aromatic heterocycles. The molecule has 0 spiro atoms. The molecule has 0 unspecified atom stereocenters. The Morgan fingerprint density at radius 2 is 1.82 bits per heavy atom. The van der Waals surface area contributed by atoms with Crippen molar-refractivity contribution < 1.29 is 18.3 Å². The molecule has 1 amide bonds. The summed E-state index contributed by atoms with van der Waals surface area (Å²) in [6, 6.07) is 12.0. The predicted octanol–water partition coefficient (Wildman–Crippen LogP) is 4.12. The number of nitrogens with zero attached hydrogens (tertiary/aromatic N) is 2. The molecule has 3 rings (SSSR count). The van der Waals surface area contributed by atoms with Crippen LogP contribution in [0.1, 0.15) is 27.2 Å². The molecule has 1 N–H and O–H groups in total. The van der Waals surface area contributed by atoms with Gasteiger partial charge in [0.15, 0.2) is 0 Å². The third-order valence-corrected chi connectivity index (χ3v) is 5.94. The minimum atomic E-state index is -0.712. The maximum Gasteiger partial charge on any atom is 0.269 e. The van der Waals surface area contributed by atoms with Gasteiger partial charge in [0.05, 0.1) is 6.54 Å². The Morgan fingerprint density at radius 1 is 1.12 bits per heavy atom. The number of ether oxygens (including phenoxy) is 1. The highest BCUT2D eigenvalue weighted by Gasteiger charge is 2.14. The van der Waals surface area contributed by atoms with Crippen LogP contribution in [-0.4, -0.2) is 42.6 Å². The van der Waals surface area contributed by atoms with Crippen molar-refractivity contribution in [2.24, 2.45) is 0 Å². The van der Waals surface area contributed by atoms with Crippen LogP contribution >= 0.6 is 15.9 Å². The van der Waals surface area contributed by atoms with E-state index in [4.69, 9.17) is 4.74 Å². The first-order valence-electron chi connectivity index (χ1n) is 10.6. The molecule has 2 aromatic carbocycles. The summed E-state index contributed by atoms with van der Waals surface area (Å²) in [5.74, 6) is -1.26. The molecule has 0 radical (unpaired) electrons. The molecule has 0 aliphatic rings. The number of hydrogen-bond acceptors (Lipinski definition) is 4. The van der Waals surface area contributed by atoms with E-state index in [9.17, 15) is 18.4 Å². The minimum absolute atomic E-state index is 0.147. The highest BCUT2D eigenvalue weighted by Crippen LogP contribution is 2.24. The summed E-state index contributed by atoms with van der Waals surface area (Å²) >= 11 is 3.28. The molecule has 0 aliphatic heterocycles. The Bertz CT molecular complexity index is 1230. The van der Waals surface area contributed by atoms with E-state index < -0.39 is 11.6 Å². The van der Waals surface area contributed by atoms with Crippen LogP contribution < -0.4 is 15.6 Å². The zero-order chi connectivity index (χ0) is 24.8. The maximum absolute atomic E-state index is 13.9. The van der Waals surface area contributed by atoms with Crippen LogP contribution in [0.3, 0.4) is 0 Å². The van der Waals surface area contributed by atoms with Gasteiger partial charge >= 0.3 is 0 Å². The average molecular weight is 534 g/mol. The molecule has 0 saturated carbocycles. The molecule has 0 atom stereocenters. The predicted molar refractivity (Wildman–Crippen MR) is 130 cm³/mol. The van der Waals surface area contributed by atoms with Crippen LogP contribution in [0.2, 0.25) is 0 Å². The highest BCUT2D eigenvalue weighted by atomic mass is 79.9. The molecule has 180 valence electrons. The van der Waals surface area contributed by atoms with Crippen LogP contribution in [-0.2, 0) is 13.2 Å². The molecule has 34 heavy (non-hydrogen) atoms. The van der Waals surface area contributed by atoms with Crippen LogP contribution in [0, 0.1) is 18.6 Å². The monoisotopic (exact) mass is 533 g/mol. The van der Waals surface area contributed by atoms with Crippen LogP contribution in [0.4, 0.5) is 8.78 Å². The number of likely N-dealkylation sites (N-methyl/N-ethyl adjacent to an activating group) is 1. The van der Waals surface area contributed by atoms with Gasteiger partial charge in [-0.2, -0.15) is 0 Å². The van der Waals surface area contributed by atoms with Gasteiger partial charge in [0, 0.05) is 42.0 Å². The summed E-state index contributed by atoms with van der Waals surface area (Å²) in [4.78, 5) is 27.2. The van der Waals surface area contributed by atoms with E-state index in [0.717, 1.165) is 24.2 Å². The van der Waals surface area contributed by atoms with Crippen molar-refractivity contribution in [3.8, 4) is 5.75 Å². The summed E-state index contributed by atoms with van der Waals surface area (Å²) in [6.45, 7) is 3.23. The maximum atomic E-state index is 13.9. The molecular weight excluding hydrogens is 508 g/mol. The number of carbonyl (C=O) groups excluding carboxylic acids is 1. The fraction of sp³-hybridized carbons (Fsp3) is 0.280. The van der Waals surface area contributed by atoms with Gasteiger partial charge in [-0.1, -0.05) is 12.1 Å². The van der Waals surface area contributed by atoms with E-state index >= 15 is 0 Å². The fourth-order valence-electron chi connectivity index (χ4n) is 3.25. The third kappa shape index (κ3) is 6.51. The Labute approximate surface area is 205 Å². The normalized spacial score (nSPS) is 11.0. The van der Waals surface area contributed by atoms with Crippen molar-refractivity contribution >= 4 is 21.8 Å². The van der Waals surface area contributed by atoms with Crippen LogP contribution in [0.15, 0.2) is 57.8 Å². The van der Waals surface area contributed by atoms with E-state index in [1.165, 1.54) is 6.07 Å². The van der Waals surface area contributed by atoms with Crippen molar-refractivity contribution in [1.29, 1.82) is 0 Å². The number of hydrogen-bond donors (Lipinski definition) is 1. The summed E-state index contributed by atoms with van der Waals surface area (Å²) in [5, 5.41) is 2.86. The van der Waals surface area contributed by atoms with Gasteiger partial charge in [0.25, 0.3) is 11.5 Å². The first kappa shape index (κ1) is 25.6. The number of benzene rings is 2. The van der Waals surface area contributed by atoms with E-state index in [1.807, 2.05) is 31.1 Å². The molecule has 6 nitrogen and oxygen atoms in total. The third-order valence-electron chi connectivity index (χ3n) is 5.21. The molecule has 0 fully saturated rings. The second-order valence-corrected chi connectivity index (χ2v) is 8.93. The SMILES string of the molecule is Cc1cc(OCc2ccc(F)cc2F)c(Br)c(=O)n1Cc1ccc(C(=O)NCCN(C)C)cc1. The average Bonchev–Trinajstić information content (AvgIpc) is 2.79. The van der Waals surface area contributed by atoms with Crippen LogP contribution in [0.25, 0.3) is 0 Å². The summed E-state index contributed by atoms with van der Waals surface area (Å²) < 4.78 is 34.4. The number of carbonyl (C=O) groups is 1. The lowest BCUT2D eigenvalue weighted by atomic mass is 10.1. The number of aromatic nitrogens is 1. The molecule has 0 saturated heterocycles. The van der Waals surface area contributed by atoms with Gasteiger partial charge in [-0.3, -0.25) is 9.59 Å². The number of halogens is 3. The van der Waals surface area contributed by atoms with E-state index in [-0.39, 0.29) is 33.9 Å². The van der Waals surface area contributed by atoms with E-state index in [2.05, 4.69) is 21.2 Å². The second kappa shape index (κ2) is 11.4.